The van der Waals surface area contributed by atoms with Crippen LogP contribution in [0.25, 0.3) is 39.0 Å². The summed E-state index contributed by atoms with van der Waals surface area (Å²) in [6.07, 6.45) is 1.57. The summed E-state index contributed by atoms with van der Waals surface area (Å²) in [4.78, 5) is 17.0. The smallest absolute Gasteiger partial charge is 0.323 e. The lowest BCUT2D eigenvalue weighted by molar-refractivity contribution is 0.410. The molecule has 9 nitrogen and oxygen atoms in total. The number of halogens is 2. The Morgan fingerprint density at radius 2 is 1.83 bits per heavy atom. The van der Waals surface area contributed by atoms with Gasteiger partial charge in [-0.25, -0.2) is 18.3 Å². The van der Waals surface area contributed by atoms with E-state index in [0.717, 1.165) is 0 Å². The molecule has 3 heterocycles. The minimum atomic E-state index is -0.553. The van der Waals surface area contributed by atoms with Gasteiger partial charge in [0.05, 0.1) is 41.6 Å². The number of hydrogen-bond acceptors (Lipinski definition) is 5. The summed E-state index contributed by atoms with van der Waals surface area (Å²) in [5, 5.41) is 12.4. The Bertz CT molecular complexity index is 1780. The van der Waals surface area contributed by atoms with E-state index in [2.05, 4.69) is 25.4 Å². The van der Waals surface area contributed by atoms with Crippen molar-refractivity contribution in [2.75, 3.05) is 7.11 Å². The maximum atomic E-state index is 15.1. The van der Waals surface area contributed by atoms with Gasteiger partial charge in [0, 0.05) is 23.4 Å². The minimum Gasteiger partial charge on any atom is -0.497 e. The van der Waals surface area contributed by atoms with E-state index in [1.807, 2.05) is 0 Å². The Balaban J connectivity index is 1.43. The number of benzene rings is 3. The second-order valence-corrected chi connectivity index (χ2v) is 7.97. The zero-order valence-electron chi connectivity index (χ0n) is 18.3. The van der Waals surface area contributed by atoms with Crippen LogP contribution in [0, 0.1) is 11.6 Å². The van der Waals surface area contributed by atoms with Crippen molar-refractivity contribution >= 4 is 22.1 Å². The maximum Gasteiger partial charge on any atom is 0.323 e. The first kappa shape index (κ1) is 20.8. The third-order valence-corrected chi connectivity index (χ3v) is 5.84. The monoisotopic (exact) mass is 473 g/mol. The largest absolute Gasteiger partial charge is 0.497 e. The first-order valence-corrected chi connectivity index (χ1v) is 10.6. The van der Waals surface area contributed by atoms with E-state index < -0.39 is 11.6 Å². The molecule has 0 amide bonds. The highest BCUT2D eigenvalue weighted by Crippen LogP contribution is 2.28. The van der Waals surface area contributed by atoms with Crippen molar-refractivity contribution in [3.05, 3.63) is 88.5 Å². The van der Waals surface area contributed by atoms with E-state index in [4.69, 9.17) is 4.74 Å². The molecule has 0 bridgehead atoms. The summed E-state index contributed by atoms with van der Waals surface area (Å²) < 4.78 is 37.7. The van der Waals surface area contributed by atoms with Crippen molar-refractivity contribution in [2.24, 2.45) is 0 Å². The number of rotatable bonds is 5. The number of methoxy groups -OCH3 is 1. The predicted molar refractivity (Wildman–Crippen MR) is 125 cm³/mol. The molecule has 0 unspecified atom stereocenters. The molecule has 11 heteroatoms. The maximum absolute atomic E-state index is 15.1. The lowest BCUT2D eigenvalue weighted by atomic mass is 10.1. The topological polar surface area (TPSA) is 106 Å². The van der Waals surface area contributed by atoms with Gasteiger partial charge < -0.3 is 14.7 Å². The summed E-state index contributed by atoms with van der Waals surface area (Å²) >= 11 is 0. The molecule has 3 aromatic carbocycles. The van der Waals surface area contributed by atoms with Gasteiger partial charge in [0.25, 0.3) is 0 Å². The first-order chi connectivity index (χ1) is 17.0. The zero-order chi connectivity index (χ0) is 24.1. The van der Waals surface area contributed by atoms with Crippen molar-refractivity contribution in [1.82, 2.24) is 34.7 Å². The number of nitrogens with zero attached hydrogens (tertiary/aromatic N) is 5. The Morgan fingerprint density at radius 1 is 0.971 bits per heavy atom. The Morgan fingerprint density at radius 3 is 2.66 bits per heavy atom. The summed E-state index contributed by atoms with van der Waals surface area (Å²) in [5.41, 5.74) is 3.58. The summed E-state index contributed by atoms with van der Waals surface area (Å²) in [5.74, 6) is -0.557. The van der Waals surface area contributed by atoms with Crippen molar-refractivity contribution in [2.45, 2.75) is 6.54 Å². The molecule has 174 valence electrons. The van der Waals surface area contributed by atoms with Gasteiger partial charge in [0.1, 0.15) is 17.1 Å². The molecule has 6 rings (SSSR count). The van der Waals surface area contributed by atoms with Gasteiger partial charge in [-0.3, -0.25) is 4.68 Å². The third-order valence-electron chi connectivity index (χ3n) is 5.84. The van der Waals surface area contributed by atoms with Gasteiger partial charge in [-0.05, 0) is 42.5 Å². The van der Waals surface area contributed by atoms with Crippen molar-refractivity contribution in [1.29, 1.82) is 0 Å². The van der Waals surface area contributed by atoms with Crippen molar-refractivity contribution < 1.29 is 13.5 Å². The highest BCUT2D eigenvalue weighted by atomic mass is 19.1. The van der Waals surface area contributed by atoms with Gasteiger partial charge >= 0.3 is 5.69 Å². The fourth-order valence-corrected chi connectivity index (χ4v) is 4.12. The summed E-state index contributed by atoms with van der Waals surface area (Å²) in [6, 6.07) is 14.6. The van der Waals surface area contributed by atoms with Crippen LogP contribution in [0.2, 0.25) is 0 Å². The highest BCUT2D eigenvalue weighted by Gasteiger charge is 2.17. The zero-order valence-corrected chi connectivity index (χ0v) is 18.3. The number of nitrogens with one attached hydrogen (secondary N) is 2. The van der Waals surface area contributed by atoms with E-state index in [1.165, 1.54) is 23.9 Å². The third kappa shape index (κ3) is 3.53. The number of ether oxygens (including phenoxy) is 1. The number of hydrogen-bond donors (Lipinski definition) is 2. The lowest BCUT2D eigenvalue weighted by Crippen LogP contribution is -2.06. The van der Waals surface area contributed by atoms with Crippen LogP contribution < -0.4 is 10.4 Å². The van der Waals surface area contributed by atoms with Crippen molar-refractivity contribution in [3.8, 4) is 22.7 Å². The molecule has 0 fully saturated rings. The summed E-state index contributed by atoms with van der Waals surface area (Å²) in [7, 11) is 1.47. The van der Waals surface area contributed by atoms with E-state index >= 15 is 4.39 Å². The Hall–Kier alpha value is -4.80. The van der Waals surface area contributed by atoms with Crippen LogP contribution in [-0.2, 0) is 6.54 Å². The molecule has 0 aliphatic carbocycles. The van der Waals surface area contributed by atoms with Crippen LogP contribution in [-0.4, -0.2) is 41.9 Å². The second kappa shape index (κ2) is 7.90. The molecular formula is C24H17F2N7O2. The molecule has 0 saturated heterocycles. The molecule has 0 saturated carbocycles. The number of H-pyrrole nitrogens is 2. The van der Waals surface area contributed by atoms with E-state index in [0.29, 0.717) is 44.8 Å². The number of aromatic amines is 2. The summed E-state index contributed by atoms with van der Waals surface area (Å²) in [6.45, 7) is 0.146. The molecule has 3 aromatic heterocycles. The van der Waals surface area contributed by atoms with E-state index in [-0.39, 0.29) is 17.8 Å². The Kier molecular flexibility index (Phi) is 4.69. The molecule has 0 radical (unpaired) electrons. The molecule has 0 aliphatic heterocycles. The van der Waals surface area contributed by atoms with Gasteiger partial charge in [0.15, 0.2) is 5.82 Å². The van der Waals surface area contributed by atoms with E-state index in [9.17, 15) is 9.18 Å². The van der Waals surface area contributed by atoms with Crippen LogP contribution in [0.4, 0.5) is 8.78 Å². The minimum absolute atomic E-state index is 0.101. The van der Waals surface area contributed by atoms with Crippen LogP contribution in [0.5, 0.6) is 5.75 Å². The quantitative estimate of drug-likeness (QED) is 0.396. The highest BCUT2D eigenvalue weighted by molar-refractivity contribution is 5.84. The first-order valence-electron chi connectivity index (χ1n) is 10.6. The molecule has 35 heavy (non-hydrogen) atoms. The number of aromatic nitrogens is 7. The van der Waals surface area contributed by atoms with Gasteiger partial charge in [0.2, 0.25) is 0 Å². The fourth-order valence-electron chi connectivity index (χ4n) is 4.12. The average Bonchev–Trinajstić information content (AvgIpc) is 3.57. The Labute approximate surface area is 195 Å². The molecule has 0 spiro atoms. The molecule has 0 atom stereocenters. The van der Waals surface area contributed by atoms with E-state index in [1.54, 1.807) is 53.3 Å². The lowest BCUT2D eigenvalue weighted by Gasteiger charge is -2.10. The number of fused-ring (bicyclic) bond motifs is 2. The second-order valence-electron chi connectivity index (χ2n) is 7.97. The fraction of sp³-hybridized carbons (Fsp3) is 0.0833. The SMILES string of the molecule is COc1ccc(Cn2nccc2-c2cc(F)c3nnn(-c4ccc5[nH]c(=O)[nH]c5c4)c3c2)c(F)c1. The van der Waals surface area contributed by atoms with Crippen LogP contribution in [0.1, 0.15) is 5.56 Å². The molecular weight excluding hydrogens is 456 g/mol. The van der Waals surface area contributed by atoms with Gasteiger partial charge in [-0.1, -0.05) is 11.3 Å². The van der Waals surface area contributed by atoms with Crippen LogP contribution >= 0.6 is 0 Å². The molecule has 2 N–H and O–H groups in total. The van der Waals surface area contributed by atoms with Crippen molar-refractivity contribution in [3.63, 3.8) is 0 Å². The number of imidazole rings is 1. The molecule has 0 aliphatic rings. The average molecular weight is 473 g/mol. The van der Waals surface area contributed by atoms with Gasteiger partial charge in [-0.2, -0.15) is 5.10 Å². The normalized spacial score (nSPS) is 11.5. The molecule has 6 aromatic rings. The predicted octanol–water partition coefficient (Wildman–Crippen LogP) is 3.79. The van der Waals surface area contributed by atoms with Crippen LogP contribution in [0.15, 0.2) is 65.6 Å². The van der Waals surface area contributed by atoms with Gasteiger partial charge in [-0.15, -0.1) is 5.10 Å². The van der Waals surface area contributed by atoms with Crippen LogP contribution in [0.3, 0.4) is 0 Å². The standard InChI is InChI=1S/C24H17F2N7O2/c1-35-16-4-2-13(17(25)11-16)12-32-21(6-7-27-32)14-8-18(26)23-22(9-14)33(31-30-23)15-3-5-19-20(10-15)29-24(34)28-19/h2-11H,12H2,1H3,(H2,28,29,34).